The highest BCUT2D eigenvalue weighted by atomic mass is 15.3. The first-order valence-corrected chi connectivity index (χ1v) is 8.74. The molecule has 0 amide bonds. The van der Waals surface area contributed by atoms with Gasteiger partial charge in [-0.25, -0.2) is 0 Å². The summed E-state index contributed by atoms with van der Waals surface area (Å²) in [5, 5.41) is 3.78. The monoisotopic (exact) mass is 281 g/mol. The molecule has 1 N–H and O–H groups in total. The molecule has 2 aliphatic rings. The summed E-state index contributed by atoms with van der Waals surface area (Å²) in [6.45, 7) is 14.3. The van der Waals surface area contributed by atoms with Crippen LogP contribution in [0.5, 0.6) is 0 Å². The predicted molar refractivity (Wildman–Crippen MR) is 87.1 cm³/mol. The van der Waals surface area contributed by atoms with E-state index in [1.165, 1.54) is 38.9 Å². The van der Waals surface area contributed by atoms with Crippen molar-refractivity contribution >= 4 is 0 Å². The van der Waals surface area contributed by atoms with Crippen LogP contribution in [0.25, 0.3) is 0 Å². The van der Waals surface area contributed by atoms with E-state index in [1.807, 2.05) is 0 Å². The van der Waals surface area contributed by atoms with Crippen molar-refractivity contribution in [1.29, 1.82) is 0 Å². The fraction of sp³-hybridized carbons (Fsp3) is 1.00. The Morgan fingerprint density at radius 1 is 1.10 bits per heavy atom. The molecule has 0 aromatic heterocycles. The highest BCUT2D eigenvalue weighted by Gasteiger charge is 2.39. The molecule has 3 heteroatoms. The summed E-state index contributed by atoms with van der Waals surface area (Å²) in [5.74, 6) is 1.70. The first-order chi connectivity index (χ1) is 9.56. The average molecular weight is 281 g/mol. The first kappa shape index (κ1) is 16.3. The summed E-state index contributed by atoms with van der Waals surface area (Å²) >= 11 is 0. The lowest BCUT2D eigenvalue weighted by molar-refractivity contribution is 0.00528. The highest BCUT2D eigenvalue weighted by Crippen LogP contribution is 2.33. The van der Waals surface area contributed by atoms with Gasteiger partial charge in [0.15, 0.2) is 0 Å². The van der Waals surface area contributed by atoms with Gasteiger partial charge in [-0.1, -0.05) is 27.7 Å². The Hall–Kier alpha value is -0.120. The average Bonchev–Trinajstić information content (AvgIpc) is 2.40. The molecule has 1 aliphatic heterocycles. The Kier molecular flexibility index (Phi) is 5.88. The summed E-state index contributed by atoms with van der Waals surface area (Å²) in [6, 6.07) is 2.19. The minimum absolute atomic E-state index is 0.694. The van der Waals surface area contributed by atoms with Crippen molar-refractivity contribution in [3.8, 4) is 0 Å². The molecule has 2 fully saturated rings. The molecule has 3 nitrogen and oxygen atoms in total. The van der Waals surface area contributed by atoms with E-state index in [1.54, 1.807) is 0 Å². The number of nitrogens with one attached hydrogen (secondary N) is 1. The van der Waals surface area contributed by atoms with Gasteiger partial charge in [-0.15, -0.1) is 0 Å². The van der Waals surface area contributed by atoms with Gasteiger partial charge >= 0.3 is 0 Å². The molecule has 0 radical (unpaired) electrons. The van der Waals surface area contributed by atoms with Crippen molar-refractivity contribution < 1.29 is 0 Å². The van der Waals surface area contributed by atoms with Crippen LogP contribution in [0.1, 0.15) is 47.0 Å². The Morgan fingerprint density at radius 2 is 1.85 bits per heavy atom. The van der Waals surface area contributed by atoms with E-state index < -0.39 is 0 Å². The third-order valence-electron chi connectivity index (χ3n) is 5.59. The zero-order valence-corrected chi connectivity index (χ0v) is 14.2. The number of hydrogen-bond donors (Lipinski definition) is 1. The zero-order valence-electron chi connectivity index (χ0n) is 14.2. The molecule has 0 aromatic rings. The van der Waals surface area contributed by atoms with Crippen LogP contribution in [0.2, 0.25) is 0 Å². The maximum atomic E-state index is 3.78. The van der Waals surface area contributed by atoms with Gasteiger partial charge < -0.3 is 10.2 Å². The van der Waals surface area contributed by atoms with Gasteiger partial charge in [0.25, 0.3) is 0 Å². The molecule has 20 heavy (non-hydrogen) atoms. The number of rotatable bonds is 4. The van der Waals surface area contributed by atoms with Crippen molar-refractivity contribution in [3.63, 3.8) is 0 Å². The minimum atomic E-state index is 0.694. The second kappa shape index (κ2) is 7.24. The zero-order chi connectivity index (χ0) is 14.7. The SMILES string of the molecule is CCNC1CC(C)CC(C)C1N1CCN(C)C(CC)C1. The molecule has 1 saturated heterocycles. The van der Waals surface area contributed by atoms with Crippen molar-refractivity contribution in [2.75, 3.05) is 33.2 Å². The van der Waals surface area contributed by atoms with E-state index in [0.29, 0.717) is 6.04 Å². The minimum Gasteiger partial charge on any atom is -0.313 e. The molecule has 1 aliphatic carbocycles. The molecule has 2 rings (SSSR count). The summed E-state index contributed by atoms with van der Waals surface area (Å²) in [6.07, 6.45) is 4.03. The third kappa shape index (κ3) is 3.55. The predicted octanol–water partition coefficient (Wildman–Crippen LogP) is 2.43. The van der Waals surface area contributed by atoms with Crippen LogP contribution in [0, 0.1) is 11.8 Å². The lowest BCUT2D eigenvalue weighted by atomic mass is 9.75. The third-order valence-corrected chi connectivity index (χ3v) is 5.59. The van der Waals surface area contributed by atoms with E-state index >= 15 is 0 Å². The lowest BCUT2D eigenvalue weighted by Crippen LogP contribution is -2.62. The van der Waals surface area contributed by atoms with Gasteiger partial charge in [0.2, 0.25) is 0 Å². The van der Waals surface area contributed by atoms with Gasteiger partial charge in [0, 0.05) is 37.8 Å². The topological polar surface area (TPSA) is 18.5 Å². The van der Waals surface area contributed by atoms with Gasteiger partial charge in [0.1, 0.15) is 0 Å². The first-order valence-electron chi connectivity index (χ1n) is 8.74. The molecule has 1 saturated carbocycles. The molecule has 5 atom stereocenters. The van der Waals surface area contributed by atoms with Crippen LogP contribution in [0.15, 0.2) is 0 Å². The van der Waals surface area contributed by atoms with Crippen LogP contribution in [-0.2, 0) is 0 Å². The number of piperazine rings is 1. The number of nitrogens with zero attached hydrogens (tertiary/aromatic N) is 2. The van der Waals surface area contributed by atoms with Crippen LogP contribution in [-0.4, -0.2) is 61.2 Å². The molecule has 1 heterocycles. The second-order valence-corrected chi connectivity index (χ2v) is 7.25. The standard InChI is InChI=1S/C17H35N3/c1-6-15-12-20(9-8-19(15)5)17-14(4)10-13(3)11-16(17)18-7-2/h13-18H,6-12H2,1-5H3. The Labute approximate surface area is 126 Å². The number of hydrogen-bond acceptors (Lipinski definition) is 3. The quantitative estimate of drug-likeness (QED) is 0.854. The number of likely N-dealkylation sites (N-methyl/N-ethyl adjacent to an activating group) is 2. The maximum Gasteiger partial charge on any atom is 0.0276 e. The normalized spacial score (nSPS) is 41.0. The van der Waals surface area contributed by atoms with Crippen LogP contribution in [0.4, 0.5) is 0 Å². The fourth-order valence-corrected chi connectivity index (χ4v) is 4.60. The van der Waals surface area contributed by atoms with Crippen LogP contribution < -0.4 is 5.32 Å². The largest absolute Gasteiger partial charge is 0.313 e. The molecular weight excluding hydrogens is 246 g/mol. The Morgan fingerprint density at radius 3 is 2.50 bits per heavy atom. The van der Waals surface area contributed by atoms with Crippen molar-refractivity contribution in [2.24, 2.45) is 11.8 Å². The lowest BCUT2D eigenvalue weighted by Gasteiger charge is -2.50. The van der Waals surface area contributed by atoms with E-state index in [9.17, 15) is 0 Å². The second-order valence-electron chi connectivity index (χ2n) is 7.25. The van der Waals surface area contributed by atoms with Gasteiger partial charge in [0.05, 0.1) is 0 Å². The molecule has 0 aromatic carbocycles. The van der Waals surface area contributed by atoms with Crippen molar-refractivity contribution in [1.82, 2.24) is 15.1 Å². The van der Waals surface area contributed by atoms with E-state index in [-0.39, 0.29) is 0 Å². The van der Waals surface area contributed by atoms with E-state index in [4.69, 9.17) is 0 Å². The van der Waals surface area contributed by atoms with Crippen LogP contribution >= 0.6 is 0 Å². The summed E-state index contributed by atoms with van der Waals surface area (Å²) in [4.78, 5) is 5.35. The summed E-state index contributed by atoms with van der Waals surface area (Å²) in [5.41, 5.74) is 0. The molecule has 0 spiro atoms. The maximum absolute atomic E-state index is 3.78. The van der Waals surface area contributed by atoms with E-state index in [0.717, 1.165) is 30.5 Å². The Balaban J connectivity index is 2.07. The van der Waals surface area contributed by atoms with Crippen LogP contribution in [0.3, 0.4) is 0 Å². The van der Waals surface area contributed by atoms with E-state index in [2.05, 4.69) is 49.9 Å². The smallest absolute Gasteiger partial charge is 0.0276 e. The van der Waals surface area contributed by atoms with Crippen molar-refractivity contribution in [3.05, 3.63) is 0 Å². The Bertz CT molecular complexity index is 294. The fourth-order valence-electron chi connectivity index (χ4n) is 4.60. The highest BCUT2D eigenvalue weighted by molar-refractivity contribution is 4.96. The molecule has 0 bridgehead atoms. The molecular formula is C17H35N3. The summed E-state index contributed by atoms with van der Waals surface area (Å²) in [7, 11) is 2.29. The van der Waals surface area contributed by atoms with Crippen molar-refractivity contribution in [2.45, 2.75) is 65.1 Å². The van der Waals surface area contributed by atoms with Gasteiger partial charge in [-0.05, 0) is 44.7 Å². The summed E-state index contributed by atoms with van der Waals surface area (Å²) < 4.78 is 0. The van der Waals surface area contributed by atoms with Gasteiger partial charge in [-0.3, -0.25) is 4.90 Å². The molecule has 5 unspecified atom stereocenters. The molecule has 118 valence electrons. The van der Waals surface area contributed by atoms with Gasteiger partial charge in [-0.2, -0.15) is 0 Å².